The number of nitriles is 1. The second-order valence-corrected chi connectivity index (χ2v) is 8.24. The van der Waals surface area contributed by atoms with Crippen molar-refractivity contribution in [2.75, 3.05) is 13.2 Å². The summed E-state index contributed by atoms with van der Waals surface area (Å²) in [5.41, 5.74) is -0.315. The molecule has 8 nitrogen and oxygen atoms in total. The molecule has 0 saturated carbocycles. The molecule has 33 heavy (non-hydrogen) atoms. The maximum absolute atomic E-state index is 13.2. The number of carbonyl (C=O) groups excluding carboxylic acids is 1. The first-order valence-electron chi connectivity index (χ1n) is 10.4. The number of benzene rings is 1. The summed E-state index contributed by atoms with van der Waals surface area (Å²) in [6, 6.07) is 14.0. The summed E-state index contributed by atoms with van der Waals surface area (Å²) in [5, 5.41) is 12.2. The fourth-order valence-electron chi connectivity index (χ4n) is 2.88. The molecule has 0 aliphatic rings. The van der Waals surface area contributed by atoms with Crippen LogP contribution in [0.1, 0.15) is 25.8 Å². The lowest BCUT2D eigenvalue weighted by Crippen LogP contribution is -2.27. The topological polar surface area (TPSA) is 106 Å². The van der Waals surface area contributed by atoms with E-state index in [1.807, 2.05) is 19.9 Å². The molecule has 0 fully saturated rings. The minimum Gasteiger partial charge on any atom is -0.438 e. The van der Waals surface area contributed by atoms with Crippen molar-refractivity contribution in [1.29, 1.82) is 5.26 Å². The van der Waals surface area contributed by atoms with Crippen LogP contribution in [0.4, 0.5) is 0 Å². The van der Waals surface area contributed by atoms with Gasteiger partial charge >= 0.3 is 0 Å². The third-order valence-corrected chi connectivity index (χ3v) is 5.00. The number of fused-ring (bicyclic) bond motifs is 1. The van der Waals surface area contributed by atoms with Crippen molar-refractivity contribution in [1.82, 2.24) is 14.7 Å². The molecule has 9 heteroatoms. The lowest BCUT2D eigenvalue weighted by atomic mass is 10.1. The summed E-state index contributed by atoms with van der Waals surface area (Å²) in [7, 11) is 0. The van der Waals surface area contributed by atoms with Gasteiger partial charge in [-0.05, 0) is 62.7 Å². The Kier molecular flexibility index (Phi) is 8.35. The SMILES string of the molecule is CC(C)OCCCNC(=O)C(C#N)=Cc1c(Oc2ccc(Br)cc2)nc2ccccn2c1=O. The first kappa shape index (κ1) is 24.2. The zero-order valence-corrected chi connectivity index (χ0v) is 19.8. The Morgan fingerprint density at radius 1 is 1.27 bits per heavy atom. The third kappa shape index (κ3) is 6.51. The van der Waals surface area contributed by atoms with Crippen molar-refractivity contribution in [3.05, 3.63) is 74.6 Å². The first-order valence-corrected chi connectivity index (χ1v) is 11.1. The Balaban J connectivity index is 1.93. The highest BCUT2D eigenvalue weighted by atomic mass is 79.9. The molecule has 3 rings (SSSR count). The number of hydrogen-bond acceptors (Lipinski definition) is 6. The fourth-order valence-corrected chi connectivity index (χ4v) is 3.14. The summed E-state index contributed by atoms with van der Waals surface area (Å²) in [6.07, 6.45) is 3.48. The van der Waals surface area contributed by atoms with Crippen LogP contribution >= 0.6 is 15.9 Å². The van der Waals surface area contributed by atoms with Gasteiger partial charge in [0.25, 0.3) is 11.5 Å². The highest BCUT2D eigenvalue weighted by Gasteiger charge is 2.17. The highest BCUT2D eigenvalue weighted by molar-refractivity contribution is 9.10. The number of ether oxygens (including phenoxy) is 2. The quantitative estimate of drug-likeness (QED) is 0.264. The summed E-state index contributed by atoms with van der Waals surface area (Å²) in [6.45, 7) is 4.69. The number of carbonyl (C=O) groups is 1. The number of pyridine rings is 1. The summed E-state index contributed by atoms with van der Waals surface area (Å²) in [4.78, 5) is 30.1. The molecule has 3 aromatic rings. The number of aromatic nitrogens is 2. The third-order valence-electron chi connectivity index (χ3n) is 4.47. The van der Waals surface area contributed by atoms with Gasteiger partial charge in [0.1, 0.15) is 28.6 Å². The minimum absolute atomic E-state index is 0.000550. The predicted octanol–water partition coefficient (Wildman–Crippen LogP) is 4.09. The van der Waals surface area contributed by atoms with E-state index in [1.165, 1.54) is 10.5 Å². The van der Waals surface area contributed by atoms with Crippen LogP contribution in [0.2, 0.25) is 0 Å². The maximum atomic E-state index is 13.2. The second-order valence-electron chi connectivity index (χ2n) is 7.32. The molecule has 0 spiro atoms. The number of hydrogen-bond donors (Lipinski definition) is 1. The zero-order chi connectivity index (χ0) is 23.8. The monoisotopic (exact) mass is 510 g/mol. The predicted molar refractivity (Wildman–Crippen MR) is 128 cm³/mol. The van der Waals surface area contributed by atoms with Gasteiger partial charge in [0.05, 0.1) is 6.10 Å². The van der Waals surface area contributed by atoms with Crippen LogP contribution < -0.4 is 15.6 Å². The Bertz CT molecular complexity index is 1260. The normalized spacial score (nSPS) is 11.4. The fraction of sp³-hybridized carbons (Fsp3) is 0.250. The van der Waals surface area contributed by atoms with Crippen molar-refractivity contribution < 1.29 is 14.3 Å². The maximum Gasteiger partial charge on any atom is 0.269 e. The molecule has 2 heterocycles. The van der Waals surface area contributed by atoms with Gasteiger partial charge in [0.15, 0.2) is 0 Å². The van der Waals surface area contributed by atoms with Crippen LogP contribution in [0.5, 0.6) is 11.6 Å². The molecule has 0 bridgehead atoms. The standard InChI is InChI=1S/C24H23BrN4O4/c1-16(2)32-13-5-11-27-22(30)17(15-26)14-20-23(33-19-9-7-18(25)8-10-19)28-21-6-3-4-12-29(21)24(20)31/h3-4,6-10,12,14,16H,5,11,13H2,1-2H3,(H,27,30). The first-order chi connectivity index (χ1) is 15.9. The number of rotatable bonds is 9. The van der Waals surface area contributed by atoms with E-state index in [0.29, 0.717) is 31.0 Å². The molecule has 1 N–H and O–H groups in total. The molecule has 0 unspecified atom stereocenters. The van der Waals surface area contributed by atoms with Crippen LogP contribution in [0.3, 0.4) is 0 Å². The van der Waals surface area contributed by atoms with Crippen molar-refractivity contribution in [3.63, 3.8) is 0 Å². The summed E-state index contributed by atoms with van der Waals surface area (Å²) >= 11 is 3.36. The zero-order valence-electron chi connectivity index (χ0n) is 18.2. The molecule has 0 saturated heterocycles. The summed E-state index contributed by atoms with van der Waals surface area (Å²) in [5.74, 6) is -0.137. The molecule has 170 valence electrons. The van der Waals surface area contributed by atoms with Crippen molar-refractivity contribution in [2.45, 2.75) is 26.4 Å². The van der Waals surface area contributed by atoms with Gasteiger partial charge in [-0.2, -0.15) is 10.2 Å². The van der Waals surface area contributed by atoms with Crippen LogP contribution in [0.15, 0.2) is 63.5 Å². The van der Waals surface area contributed by atoms with Crippen LogP contribution in [0, 0.1) is 11.3 Å². The van der Waals surface area contributed by atoms with E-state index in [2.05, 4.69) is 26.2 Å². The van der Waals surface area contributed by atoms with Gasteiger partial charge in [-0.15, -0.1) is 0 Å². The van der Waals surface area contributed by atoms with Crippen molar-refractivity contribution in [3.8, 4) is 17.7 Å². The molecule has 1 amide bonds. The molecule has 0 aliphatic carbocycles. The smallest absolute Gasteiger partial charge is 0.269 e. The number of amides is 1. The van der Waals surface area contributed by atoms with Gasteiger partial charge in [-0.1, -0.05) is 22.0 Å². The molecular formula is C24H23BrN4O4. The molecule has 0 aliphatic heterocycles. The Labute approximate surface area is 199 Å². The van der Waals surface area contributed by atoms with Gasteiger partial charge in [0.2, 0.25) is 5.88 Å². The van der Waals surface area contributed by atoms with Gasteiger partial charge in [0, 0.05) is 23.8 Å². The average Bonchev–Trinajstić information content (AvgIpc) is 2.80. The summed E-state index contributed by atoms with van der Waals surface area (Å²) < 4.78 is 13.5. The Morgan fingerprint density at radius 2 is 2.03 bits per heavy atom. The van der Waals surface area contributed by atoms with E-state index < -0.39 is 11.5 Å². The highest BCUT2D eigenvalue weighted by Crippen LogP contribution is 2.25. The Hall–Kier alpha value is -3.48. The van der Waals surface area contributed by atoms with Gasteiger partial charge < -0.3 is 14.8 Å². The van der Waals surface area contributed by atoms with Crippen LogP contribution in [-0.2, 0) is 9.53 Å². The second kappa shape index (κ2) is 11.4. The number of halogens is 1. The average molecular weight is 511 g/mol. The van der Waals surface area contributed by atoms with Crippen LogP contribution in [0.25, 0.3) is 11.7 Å². The molecular weight excluding hydrogens is 488 g/mol. The minimum atomic E-state index is -0.589. The van der Waals surface area contributed by atoms with Crippen molar-refractivity contribution >= 4 is 33.6 Å². The van der Waals surface area contributed by atoms with E-state index in [1.54, 1.807) is 48.7 Å². The lowest BCUT2D eigenvalue weighted by molar-refractivity contribution is -0.117. The molecule has 0 radical (unpaired) electrons. The van der Waals surface area contributed by atoms with Crippen molar-refractivity contribution in [2.24, 2.45) is 0 Å². The number of nitrogens with one attached hydrogen (secondary N) is 1. The van der Waals surface area contributed by atoms with Gasteiger partial charge in [-0.25, -0.2) is 0 Å². The molecule has 2 aromatic heterocycles. The molecule has 1 aromatic carbocycles. The largest absolute Gasteiger partial charge is 0.438 e. The molecule has 0 atom stereocenters. The van der Waals surface area contributed by atoms with E-state index in [4.69, 9.17) is 9.47 Å². The number of nitrogens with zero attached hydrogens (tertiary/aromatic N) is 3. The van der Waals surface area contributed by atoms with E-state index in [-0.39, 0.29) is 23.1 Å². The lowest BCUT2D eigenvalue weighted by Gasteiger charge is -2.11. The van der Waals surface area contributed by atoms with E-state index in [9.17, 15) is 14.9 Å². The van der Waals surface area contributed by atoms with E-state index in [0.717, 1.165) is 4.47 Å². The van der Waals surface area contributed by atoms with E-state index >= 15 is 0 Å². The van der Waals surface area contributed by atoms with Crippen LogP contribution in [-0.4, -0.2) is 34.5 Å². The Morgan fingerprint density at radius 3 is 2.73 bits per heavy atom. The van der Waals surface area contributed by atoms with Gasteiger partial charge in [-0.3, -0.25) is 14.0 Å².